The van der Waals surface area contributed by atoms with Gasteiger partial charge < -0.3 is 15.0 Å². The summed E-state index contributed by atoms with van der Waals surface area (Å²) in [5.74, 6) is 0.689. The fourth-order valence-corrected chi connectivity index (χ4v) is 2.33. The molecular formula is C14H20N2O2. The van der Waals surface area contributed by atoms with Gasteiger partial charge in [-0.2, -0.15) is 0 Å². The van der Waals surface area contributed by atoms with E-state index in [0.29, 0.717) is 12.3 Å². The van der Waals surface area contributed by atoms with Gasteiger partial charge in [-0.3, -0.25) is 0 Å². The Bertz CT molecular complexity index is 445. The number of nitrogens with zero attached hydrogens (tertiary/aromatic N) is 1. The van der Waals surface area contributed by atoms with Crippen LogP contribution in [0.4, 0.5) is 4.79 Å². The Kier molecular flexibility index (Phi) is 3.87. The molecule has 98 valence electrons. The molecule has 0 heterocycles. The van der Waals surface area contributed by atoms with Crippen molar-refractivity contribution < 1.29 is 9.53 Å². The number of nitrogens with one attached hydrogen (secondary N) is 1. The van der Waals surface area contributed by atoms with Crippen LogP contribution in [0, 0.1) is 0 Å². The zero-order chi connectivity index (χ0) is 13.1. The predicted octanol–water partition coefficient (Wildman–Crippen LogP) is 2.34. The van der Waals surface area contributed by atoms with E-state index in [4.69, 9.17) is 4.74 Å². The van der Waals surface area contributed by atoms with Crippen molar-refractivity contribution in [2.75, 3.05) is 20.6 Å². The minimum Gasteiger partial charge on any atom is -0.410 e. The van der Waals surface area contributed by atoms with Crippen LogP contribution in [0.1, 0.15) is 30.5 Å². The topological polar surface area (TPSA) is 41.6 Å². The van der Waals surface area contributed by atoms with Crippen molar-refractivity contribution in [1.82, 2.24) is 10.2 Å². The number of carbonyl (C=O) groups excluding carboxylic acids is 1. The van der Waals surface area contributed by atoms with Gasteiger partial charge in [0.25, 0.3) is 0 Å². The fourth-order valence-electron chi connectivity index (χ4n) is 2.33. The number of aryl methyl sites for hydroxylation is 1. The van der Waals surface area contributed by atoms with Crippen LogP contribution < -0.4 is 10.1 Å². The molecule has 4 nitrogen and oxygen atoms in total. The normalized spacial score (nSPS) is 17.4. The van der Waals surface area contributed by atoms with E-state index in [-0.39, 0.29) is 12.1 Å². The molecule has 0 aliphatic heterocycles. The first-order valence-corrected chi connectivity index (χ1v) is 6.39. The summed E-state index contributed by atoms with van der Waals surface area (Å²) in [6.45, 7) is 2.57. The number of hydrogen-bond acceptors (Lipinski definition) is 3. The number of ether oxygens (including phenoxy) is 1. The quantitative estimate of drug-likeness (QED) is 0.892. The Morgan fingerprint density at radius 3 is 3.00 bits per heavy atom. The van der Waals surface area contributed by atoms with Gasteiger partial charge in [0.1, 0.15) is 5.75 Å². The highest BCUT2D eigenvalue weighted by Crippen LogP contribution is 2.37. The lowest BCUT2D eigenvalue weighted by Crippen LogP contribution is -2.29. The maximum atomic E-state index is 11.8. The van der Waals surface area contributed by atoms with E-state index < -0.39 is 0 Å². The molecule has 0 spiro atoms. The Balaban J connectivity index is 2.24. The third-order valence-electron chi connectivity index (χ3n) is 3.54. The van der Waals surface area contributed by atoms with Crippen LogP contribution in [0.2, 0.25) is 0 Å². The highest BCUT2D eigenvalue weighted by atomic mass is 16.6. The zero-order valence-corrected chi connectivity index (χ0v) is 11.2. The molecular weight excluding hydrogens is 228 g/mol. The Morgan fingerprint density at radius 1 is 1.56 bits per heavy atom. The van der Waals surface area contributed by atoms with Crippen molar-refractivity contribution in [3.05, 3.63) is 29.3 Å². The van der Waals surface area contributed by atoms with Crippen LogP contribution in [-0.4, -0.2) is 31.6 Å². The van der Waals surface area contributed by atoms with Crippen LogP contribution >= 0.6 is 0 Å². The third-order valence-corrected chi connectivity index (χ3v) is 3.54. The molecule has 1 amide bonds. The summed E-state index contributed by atoms with van der Waals surface area (Å²) >= 11 is 0. The van der Waals surface area contributed by atoms with E-state index in [1.165, 1.54) is 5.56 Å². The number of carbonyl (C=O) groups is 1. The highest BCUT2D eigenvalue weighted by molar-refractivity contribution is 5.71. The summed E-state index contributed by atoms with van der Waals surface area (Å²) in [5, 5.41) is 3.27. The minimum atomic E-state index is -0.298. The molecule has 18 heavy (non-hydrogen) atoms. The SMILES string of the molecule is CCN(C)C(=O)Oc1cccc2c1C(NC)CC2. The first kappa shape index (κ1) is 12.9. The largest absolute Gasteiger partial charge is 0.414 e. The third kappa shape index (κ3) is 2.34. The molecule has 0 aromatic heterocycles. The lowest BCUT2D eigenvalue weighted by Gasteiger charge is -2.18. The molecule has 1 aliphatic carbocycles. The first-order chi connectivity index (χ1) is 8.67. The second kappa shape index (κ2) is 5.40. The summed E-state index contributed by atoms with van der Waals surface area (Å²) in [6, 6.07) is 6.21. The molecule has 1 unspecified atom stereocenters. The van der Waals surface area contributed by atoms with Gasteiger partial charge >= 0.3 is 6.09 Å². The maximum Gasteiger partial charge on any atom is 0.414 e. The number of hydrogen-bond donors (Lipinski definition) is 1. The van der Waals surface area contributed by atoms with Gasteiger partial charge in [-0.1, -0.05) is 12.1 Å². The van der Waals surface area contributed by atoms with E-state index in [2.05, 4.69) is 11.4 Å². The summed E-state index contributed by atoms with van der Waals surface area (Å²) < 4.78 is 5.49. The zero-order valence-electron chi connectivity index (χ0n) is 11.2. The van der Waals surface area contributed by atoms with Crippen molar-refractivity contribution in [2.45, 2.75) is 25.8 Å². The molecule has 1 atom stereocenters. The number of benzene rings is 1. The minimum absolute atomic E-state index is 0.288. The Labute approximate surface area is 108 Å². The van der Waals surface area contributed by atoms with E-state index in [1.807, 2.05) is 26.1 Å². The van der Waals surface area contributed by atoms with Crippen LogP contribution in [0.5, 0.6) is 5.75 Å². The smallest absolute Gasteiger partial charge is 0.410 e. The van der Waals surface area contributed by atoms with Gasteiger partial charge in [0, 0.05) is 25.2 Å². The second-order valence-electron chi connectivity index (χ2n) is 4.59. The van der Waals surface area contributed by atoms with Gasteiger partial charge in [-0.15, -0.1) is 0 Å². The standard InChI is InChI=1S/C14H20N2O2/c1-4-16(3)14(17)18-12-7-5-6-10-8-9-11(15-2)13(10)12/h5-7,11,15H,4,8-9H2,1-3H3. The molecule has 1 aromatic carbocycles. The fraction of sp³-hybridized carbons (Fsp3) is 0.500. The lowest BCUT2D eigenvalue weighted by atomic mass is 10.1. The van der Waals surface area contributed by atoms with Crippen molar-refractivity contribution in [3.8, 4) is 5.75 Å². The molecule has 0 saturated heterocycles. The summed E-state index contributed by atoms with van der Waals surface area (Å²) in [4.78, 5) is 13.4. The predicted molar refractivity (Wildman–Crippen MR) is 70.9 cm³/mol. The van der Waals surface area contributed by atoms with E-state index in [9.17, 15) is 4.79 Å². The molecule has 0 bridgehead atoms. The molecule has 1 aliphatic rings. The van der Waals surface area contributed by atoms with E-state index >= 15 is 0 Å². The molecule has 2 rings (SSSR count). The van der Waals surface area contributed by atoms with Gasteiger partial charge in [0.05, 0.1) is 0 Å². The van der Waals surface area contributed by atoms with Crippen LogP contribution in [0.3, 0.4) is 0 Å². The first-order valence-electron chi connectivity index (χ1n) is 6.39. The van der Waals surface area contributed by atoms with E-state index in [0.717, 1.165) is 18.4 Å². The average Bonchev–Trinajstić information content (AvgIpc) is 2.81. The highest BCUT2D eigenvalue weighted by Gasteiger charge is 2.26. The van der Waals surface area contributed by atoms with Crippen molar-refractivity contribution in [2.24, 2.45) is 0 Å². The number of amides is 1. The number of rotatable bonds is 3. The summed E-state index contributed by atoms with van der Waals surface area (Å²) in [7, 11) is 3.68. The van der Waals surface area contributed by atoms with Crippen molar-refractivity contribution >= 4 is 6.09 Å². The number of fused-ring (bicyclic) bond motifs is 1. The molecule has 0 radical (unpaired) electrons. The van der Waals surface area contributed by atoms with Crippen LogP contribution in [-0.2, 0) is 6.42 Å². The van der Waals surface area contributed by atoms with Gasteiger partial charge in [0.15, 0.2) is 0 Å². The Hall–Kier alpha value is -1.55. The van der Waals surface area contributed by atoms with Crippen molar-refractivity contribution in [1.29, 1.82) is 0 Å². The van der Waals surface area contributed by atoms with Gasteiger partial charge in [0.2, 0.25) is 0 Å². The van der Waals surface area contributed by atoms with Crippen LogP contribution in [0.25, 0.3) is 0 Å². The maximum absolute atomic E-state index is 11.8. The second-order valence-corrected chi connectivity index (χ2v) is 4.59. The van der Waals surface area contributed by atoms with Crippen LogP contribution in [0.15, 0.2) is 18.2 Å². The summed E-state index contributed by atoms with van der Waals surface area (Å²) in [6.07, 6.45) is 1.80. The molecule has 1 N–H and O–H groups in total. The molecule has 1 aromatic rings. The van der Waals surface area contributed by atoms with Crippen molar-refractivity contribution in [3.63, 3.8) is 0 Å². The lowest BCUT2D eigenvalue weighted by molar-refractivity contribution is 0.164. The molecule has 0 saturated carbocycles. The average molecular weight is 248 g/mol. The molecule has 4 heteroatoms. The van der Waals surface area contributed by atoms with Gasteiger partial charge in [-0.25, -0.2) is 4.79 Å². The van der Waals surface area contributed by atoms with Gasteiger partial charge in [-0.05, 0) is 38.4 Å². The van der Waals surface area contributed by atoms with E-state index in [1.54, 1.807) is 11.9 Å². The molecule has 0 fully saturated rings. The summed E-state index contributed by atoms with van der Waals surface area (Å²) in [5.41, 5.74) is 2.41. The Morgan fingerprint density at radius 2 is 2.33 bits per heavy atom. The monoisotopic (exact) mass is 248 g/mol.